The number of aromatic nitrogens is 2. The van der Waals surface area contributed by atoms with Crippen LogP contribution in [0.15, 0.2) is 12.3 Å². The molecule has 1 aromatic heterocycles. The summed E-state index contributed by atoms with van der Waals surface area (Å²) in [7, 11) is 0.182. The number of sulfonamides is 1. The van der Waals surface area contributed by atoms with Gasteiger partial charge in [-0.25, -0.2) is 8.42 Å². The first-order chi connectivity index (χ1) is 12.2. The van der Waals surface area contributed by atoms with Gasteiger partial charge in [0.25, 0.3) is 0 Å². The van der Waals surface area contributed by atoms with Crippen molar-refractivity contribution in [3.05, 3.63) is 18.0 Å². The summed E-state index contributed by atoms with van der Waals surface area (Å²) in [5.74, 6) is 0.0879. The molecule has 1 aromatic rings. The predicted octanol–water partition coefficient (Wildman–Crippen LogP) is 0.252. The molecule has 3 heterocycles. The highest BCUT2D eigenvalue weighted by Crippen LogP contribution is 2.44. The van der Waals surface area contributed by atoms with Gasteiger partial charge in [0.15, 0.2) is 0 Å². The Labute approximate surface area is 155 Å². The summed E-state index contributed by atoms with van der Waals surface area (Å²) in [5.41, 5.74) is 0.732. The van der Waals surface area contributed by atoms with Gasteiger partial charge in [-0.1, -0.05) is 0 Å². The summed E-state index contributed by atoms with van der Waals surface area (Å²) < 4.78 is 32.8. The van der Waals surface area contributed by atoms with Crippen molar-refractivity contribution in [2.75, 3.05) is 39.6 Å². The molecule has 1 spiro atoms. The van der Waals surface area contributed by atoms with E-state index in [0.717, 1.165) is 25.0 Å². The van der Waals surface area contributed by atoms with Gasteiger partial charge < -0.3 is 9.64 Å². The molecule has 1 unspecified atom stereocenters. The highest BCUT2D eigenvalue weighted by atomic mass is 32.2. The Kier molecular flexibility index (Phi) is 5.41. The monoisotopic (exact) mass is 384 g/mol. The Morgan fingerprint density at radius 3 is 2.62 bits per heavy atom. The number of methoxy groups -OCH3 is 1. The van der Waals surface area contributed by atoms with Crippen molar-refractivity contribution in [2.45, 2.75) is 31.7 Å². The Morgan fingerprint density at radius 2 is 2.08 bits per heavy atom. The van der Waals surface area contributed by atoms with Gasteiger partial charge in [-0.3, -0.25) is 9.48 Å². The maximum Gasteiger partial charge on any atom is 0.228 e. The average Bonchev–Trinajstić information content (AvgIpc) is 3.12. The second-order valence-corrected chi connectivity index (χ2v) is 9.59. The first kappa shape index (κ1) is 19.3. The van der Waals surface area contributed by atoms with Gasteiger partial charge in [0.1, 0.15) is 0 Å². The van der Waals surface area contributed by atoms with E-state index < -0.39 is 10.0 Å². The zero-order valence-electron chi connectivity index (χ0n) is 15.7. The molecule has 26 heavy (non-hydrogen) atoms. The number of carbonyl (C=O) groups is 1. The van der Waals surface area contributed by atoms with Crippen LogP contribution in [0.4, 0.5) is 0 Å². The fourth-order valence-electron chi connectivity index (χ4n) is 4.27. The largest absolute Gasteiger partial charge is 0.383 e. The van der Waals surface area contributed by atoms with Crippen LogP contribution in [0.3, 0.4) is 0 Å². The van der Waals surface area contributed by atoms with Crippen LogP contribution in [-0.2, 0) is 33.0 Å². The maximum absolute atomic E-state index is 12.5. The SMILES string of the molecule is COCC1CC2(CCN(C(=O)Cc3ccn(C)n3)CC2)CN1S(C)(=O)=O. The van der Waals surface area contributed by atoms with Crippen LogP contribution in [0.2, 0.25) is 0 Å². The summed E-state index contributed by atoms with van der Waals surface area (Å²) in [4.78, 5) is 14.4. The number of hydrogen-bond donors (Lipinski definition) is 0. The Balaban J connectivity index is 1.61. The van der Waals surface area contributed by atoms with Crippen LogP contribution >= 0.6 is 0 Å². The Hall–Kier alpha value is -1.45. The van der Waals surface area contributed by atoms with Gasteiger partial charge in [0, 0.05) is 46.0 Å². The number of hydrogen-bond acceptors (Lipinski definition) is 5. The molecule has 0 saturated carbocycles. The van der Waals surface area contributed by atoms with Crippen LogP contribution in [0.25, 0.3) is 0 Å². The number of aryl methyl sites for hydroxylation is 1. The highest BCUT2D eigenvalue weighted by Gasteiger charge is 2.48. The number of piperidine rings is 1. The summed E-state index contributed by atoms with van der Waals surface area (Å²) in [6.07, 6.45) is 5.87. The molecular formula is C17H28N4O4S. The molecule has 0 N–H and O–H groups in total. The molecule has 2 fully saturated rings. The van der Waals surface area contributed by atoms with E-state index >= 15 is 0 Å². The molecule has 0 aliphatic carbocycles. The normalized spacial score (nSPS) is 23.7. The molecule has 2 aliphatic rings. The second kappa shape index (κ2) is 7.28. The number of nitrogens with zero attached hydrogens (tertiary/aromatic N) is 4. The van der Waals surface area contributed by atoms with Crippen molar-refractivity contribution in [3.63, 3.8) is 0 Å². The van der Waals surface area contributed by atoms with Crippen molar-refractivity contribution in [3.8, 4) is 0 Å². The Bertz CT molecular complexity index is 753. The zero-order valence-corrected chi connectivity index (χ0v) is 16.5. The molecule has 1 amide bonds. The summed E-state index contributed by atoms with van der Waals surface area (Å²) in [6, 6.07) is 1.75. The minimum absolute atomic E-state index is 0.0476. The fourth-order valence-corrected chi connectivity index (χ4v) is 5.45. The molecular weight excluding hydrogens is 356 g/mol. The molecule has 9 heteroatoms. The van der Waals surface area contributed by atoms with Gasteiger partial charge in [-0.15, -0.1) is 0 Å². The first-order valence-electron chi connectivity index (χ1n) is 8.94. The summed E-state index contributed by atoms with van der Waals surface area (Å²) in [6.45, 7) is 2.28. The summed E-state index contributed by atoms with van der Waals surface area (Å²) >= 11 is 0. The van der Waals surface area contributed by atoms with Crippen molar-refractivity contribution < 1.29 is 17.9 Å². The quantitative estimate of drug-likeness (QED) is 0.727. The maximum atomic E-state index is 12.5. The number of amides is 1. The van der Waals surface area contributed by atoms with Crippen LogP contribution in [0.5, 0.6) is 0 Å². The third-order valence-electron chi connectivity index (χ3n) is 5.63. The van der Waals surface area contributed by atoms with Crippen LogP contribution in [-0.4, -0.2) is 79.0 Å². The third-order valence-corrected chi connectivity index (χ3v) is 6.91. The van der Waals surface area contributed by atoms with Gasteiger partial charge in [0.05, 0.1) is 25.0 Å². The van der Waals surface area contributed by atoms with Crippen LogP contribution in [0, 0.1) is 5.41 Å². The predicted molar refractivity (Wildman–Crippen MR) is 97.0 cm³/mol. The lowest BCUT2D eigenvalue weighted by Gasteiger charge is -2.39. The molecule has 2 saturated heterocycles. The van der Waals surface area contributed by atoms with Crippen molar-refractivity contribution in [2.24, 2.45) is 12.5 Å². The van der Waals surface area contributed by atoms with E-state index in [1.165, 1.54) is 6.26 Å². The standard InChI is InChI=1S/C17H28N4O4S/c1-19-7-4-14(18-19)10-16(22)20-8-5-17(6-9-20)11-15(12-25-2)21(13-17)26(3,23)24/h4,7,15H,5-6,8-13H2,1-3H3. The van der Waals surface area contributed by atoms with Gasteiger partial charge in [-0.2, -0.15) is 9.40 Å². The topological polar surface area (TPSA) is 84.7 Å². The van der Waals surface area contributed by atoms with Gasteiger partial charge in [0.2, 0.25) is 15.9 Å². The minimum Gasteiger partial charge on any atom is -0.383 e. The molecule has 0 aromatic carbocycles. The highest BCUT2D eigenvalue weighted by molar-refractivity contribution is 7.88. The van der Waals surface area contributed by atoms with E-state index in [1.54, 1.807) is 16.1 Å². The first-order valence-corrected chi connectivity index (χ1v) is 10.8. The number of ether oxygens (including phenoxy) is 1. The van der Waals surface area contributed by atoms with E-state index in [-0.39, 0.29) is 17.4 Å². The molecule has 1 atom stereocenters. The van der Waals surface area contributed by atoms with Crippen molar-refractivity contribution in [1.82, 2.24) is 19.0 Å². The molecule has 146 valence electrons. The molecule has 0 radical (unpaired) electrons. The fraction of sp³-hybridized carbons (Fsp3) is 0.765. The van der Waals surface area contributed by atoms with E-state index in [2.05, 4.69) is 5.10 Å². The van der Waals surface area contributed by atoms with Crippen molar-refractivity contribution >= 4 is 15.9 Å². The van der Waals surface area contributed by atoms with Crippen molar-refractivity contribution in [1.29, 1.82) is 0 Å². The lowest BCUT2D eigenvalue weighted by Crippen LogP contribution is -2.45. The number of likely N-dealkylation sites (tertiary alicyclic amines) is 1. The molecule has 0 bridgehead atoms. The smallest absolute Gasteiger partial charge is 0.228 e. The molecule has 8 nitrogen and oxygen atoms in total. The average molecular weight is 385 g/mol. The summed E-state index contributed by atoms with van der Waals surface area (Å²) in [5, 5.41) is 4.27. The van der Waals surface area contributed by atoms with E-state index in [0.29, 0.717) is 32.7 Å². The number of rotatable bonds is 5. The molecule has 3 rings (SSSR count). The van der Waals surface area contributed by atoms with E-state index in [4.69, 9.17) is 4.74 Å². The lowest BCUT2D eigenvalue weighted by atomic mass is 9.76. The van der Waals surface area contributed by atoms with Gasteiger partial charge in [-0.05, 0) is 30.7 Å². The Morgan fingerprint density at radius 1 is 1.38 bits per heavy atom. The van der Waals surface area contributed by atoms with E-state index in [1.807, 2.05) is 24.2 Å². The number of carbonyl (C=O) groups excluding carboxylic acids is 1. The lowest BCUT2D eigenvalue weighted by molar-refractivity contribution is -0.132. The van der Waals surface area contributed by atoms with E-state index in [9.17, 15) is 13.2 Å². The molecule has 2 aliphatic heterocycles. The zero-order chi connectivity index (χ0) is 18.9. The second-order valence-electron chi connectivity index (χ2n) is 7.66. The third kappa shape index (κ3) is 4.10. The van der Waals surface area contributed by atoms with Gasteiger partial charge >= 0.3 is 0 Å². The van der Waals surface area contributed by atoms with Crippen LogP contribution < -0.4 is 0 Å². The van der Waals surface area contributed by atoms with Crippen LogP contribution in [0.1, 0.15) is 25.0 Å². The minimum atomic E-state index is -3.26.